The Labute approximate surface area is 185 Å². The number of ether oxygens (including phenoxy) is 1. The summed E-state index contributed by atoms with van der Waals surface area (Å²) < 4.78 is 6.52. The number of aliphatic imine (C=N–C) groups is 1. The van der Waals surface area contributed by atoms with E-state index in [1.54, 1.807) is 13.2 Å². The molecule has 0 amide bonds. The Morgan fingerprint density at radius 3 is 2.57 bits per heavy atom. The summed E-state index contributed by atoms with van der Waals surface area (Å²) >= 11 is 3.53. The van der Waals surface area contributed by atoms with Crippen LogP contribution < -0.4 is 10.1 Å². The minimum Gasteiger partial charge on any atom is -0.508 e. The lowest BCUT2D eigenvalue weighted by Crippen LogP contribution is -2.33. The van der Waals surface area contributed by atoms with Gasteiger partial charge >= 0.3 is 0 Å². The molecule has 154 valence electrons. The molecule has 4 nitrogen and oxygen atoms in total. The van der Waals surface area contributed by atoms with Gasteiger partial charge in [0, 0.05) is 33.8 Å². The smallest absolute Gasteiger partial charge is 0.129 e. The first-order chi connectivity index (χ1) is 14.6. The average molecular weight is 465 g/mol. The van der Waals surface area contributed by atoms with Crippen molar-refractivity contribution in [2.75, 3.05) is 7.11 Å². The number of halogens is 1. The molecular weight excluding hydrogens is 440 g/mol. The molecule has 2 N–H and O–H groups in total. The highest BCUT2D eigenvalue weighted by Gasteiger charge is 2.29. The molecule has 1 aliphatic heterocycles. The number of benzene rings is 3. The maximum atomic E-state index is 10.5. The number of nitrogens with zero attached hydrogens (tertiary/aromatic N) is 1. The van der Waals surface area contributed by atoms with Crippen molar-refractivity contribution in [3.05, 3.63) is 93.5 Å². The maximum Gasteiger partial charge on any atom is 0.129 e. The highest BCUT2D eigenvalue weighted by atomic mass is 79.9. The molecule has 0 spiro atoms. The van der Waals surface area contributed by atoms with Crippen LogP contribution in [0, 0.1) is 0 Å². The van der Waals surface area contributed by atoms with Gasteiger partial charge in [-0.2, -0.15) is 0 Å². The van der Waals surface area contributed by atoms with Gasteiger partial charge in [-0.05, 0) is 41.8 Å². The van der Waals surface area contributed by atoms with Crippen molar-refractivity contribution >= 4 is 21.6 Å². The Morgan fingerprint density at radius 2 is 1.83 bits per heavy atom. The minimum atomic E-state index is -0.279. The van der Waals surface area contributed by atoms with E-state index in [2.05, 4.69) is 52.4 Å². The summed E-state index contributed by atoms with van der Waals surface area (Å²) in [6, 6.07) is 22.0. The molecular formula is C25H25BrN2O2. The zero-order valence-corrected chi connectivity index (χ0v) is 18.7. The predicted octanol–water partition coefficient (Wildman–Crippen LogP) is 5.95. The van der Waals surface area contributed by atoms with Crippen LogP contribution in [-0.2, 0) is 6.42 Å². The molecule has 0 aliphatic carbocycles. The Hall–Kier alpha value is -2.63. The van der Waals surface area contributed by atoms with Crippen LogP contribution in [0.15, 0.2) is 76.2 Å². The molecule has 1 heterocycles. The monoisotopic (exact) mass is 464 g/mol. The topological polar surface area (TPSA) is 53.8 Å². The van der Waals surface area contributed by atoms with Crippen LogP contribution in [0.3, 0.4) is 0 Å². The molecule has 30 heavy (non-hydrogen) atoms. The third-order valence-electron chi connectivity index (χ3n) is 5.54. The molecule has 3 aromatic carbocycles. The third-order valence-corrected chi connectivity index (χ3v) is 6.03. The molecule has 1 aliphatic rings. The lowest BCUT2D eigenvalue weighted by Gasteiger charge is -2.31. The van der Waals surface area contributed by atoms with E-state index in [4.69, 9.17) is 9.73 Å². The molecule has 0 fully saturated rings. The van der Waals surface area contributed by atoms with Gasteiger partial charge in [0.1, 0.15) is 17.7 Å². The number of nitrogens with one attached hydrogen (secondary N) is 1. The van der Waals surface area contributed by atoms with E-state index in [0.717, 1.165) is 39.0 Å². The Morgan fingerprint density at radius 1 is 1.07 bits per heavy atom. The number of hydrogen-bond donors (Lipinski definition) is 2. The summed E-state index contributed by atoms with van der Waals surface area (Å²) in [7, 11) is 1.67. The first kappa shape index (κ1) is 20.6. The largest absolute Gasteiger partial charge is 0.508 e. The van der Waals surface area contributed by atoms with Gasteiger partial charge in [-0.1, -0.05) is 65.3 Å². The highest BCUT2D eigenvalue weighted by Crippen LogP contribution is 2.37. The number of aromatic hydroxyl groups is 1. The average Bonchev–Trinajstić information content (AvgIpc) is 2.80. The summed E-state index contributed by atoms with van der Waals surface area (Å²) in [5, 5.41) is 14.1. The van der Waals surface area contributed by atoms with Crippen molar-refractivity contribution in [3.8, 4) is 11.5 Å². The zero-order valence-electron chi connectivity index (χ0n) is 17.1. The molecule has 0 saturated carbocycles. The van der Waals surface area contributed by atoms with Gasteiger partial charge < -0.3 is 9.84 Å². The molecule has 0 radical (unpaired) electrons. The summed E-state index contributed by atoms with van der Waals surface area (Å²) in [6.07, 6.45) is 1.41. The van der Waals surface area contributed by atoms with Crippen LogP contribution in [0.5, 0.6) is 11.5 Å². The zero-order chi connectivity index (χ0) is 21.1. The number of hydrogen-bond acceptors (Lipinski definition) is 4. The highest BCUT2D eigenvalue weighted by molar-refractivity contribution is 9.10. The molecule has 2 atom stereocenters. The summed E-state index contributed by atoms with van der Waals surface area (Å²) in [4.78, 5) is 5.05. The summed E-state index contributed by atoms with van der Waals surface area (Å²) in [5.74, 6) is 1.07. The van der Waals surface area contributed by atoms with Gasteiger partial charge in [-0.15, -0.1) is 0 Å². The van der Waals surface area contributed by atoms with Crippen LogP contribution in [0.2, 0.25) is 0 Å². The molecule has 4 rings (SSSR count). The molecule has 3 aromatic rings. The second-order valence-corrected chi connectivity index (χ2v) is 8.31. The number of methoxy groups -OCH3 is 1. The van der Waals surface area contributed by atoms with E-state index < -0.39 is 0 Å². The second-order valence-electron chi connectivity index (χ2n) is 7.40. The van der Waals surface area contributed by atoms with E-state index in [0.29, 0.717) is 6.42 Å². The standard InChI is InChI=1S/C25H25BrN2O2/c1-3-16-8-10-17(11-9-16)21-15-22(20-14-18(26)12-13-23(20)29)28-25(27-21)19-6-4-5-7-24(19)30-2/h4-14,22,25,28-29H,3,15H2,1-2H3/t22-,25-/m1/s1. The van der Waals surface area contributed by atoms with Gasteiger partial charge in [-0.25, -0.2) is 0 Å². The quantitative estimate of drug-likeness (QED) is 0.490. The third kappa shape index (κ3) is 4.27. The second kappa shape index (κ2) is 9.02. The Kier molecular flexibility index (Phi) is 6.21. The van der Waals surface area contributed by atoms with E-state index in [1.807, 2.05) is 36.4 Å². The van der Waals surface area contributed by atoms with Crippen LogP contribution in [-0.4, -0.2) is 17.9 Å². The van der Waals surface area contributed by atoms with Crippen LogP contribution in [0.1, 0.15) is 47.8 Å². The van der Waals surface area contributed by atoms with Crippen molar-refractivity contribution in [3.63, 3.8) is 0 Å². The van der Waals surface area contributed by atoms with Crippen molar-refractivity contribution in [2.24, 2.45) is 4.99 Å². The first-order valence-corrected chi connectivity index (χ1v) is 10.9. The van der Waals surface area contributed by atoms with Gasteiger partial charge in [0.2, 0.25) is 0 Å². The lowest BCUT2D eigenvalue weighted by atomic mass is 9.93. The maximum absolute atomic E-state index is 10.5. The predicted molar refractivity (Wildman–Crippen MR) is 124 cm³/mol. The number of phenols is 1. The van der Waals surface area contributed by atoms with Crippen molar-refractivity contribution < 1.29 is 9.84 Å². The fourth-order valence-electron chi connectivity index (χ4n) is 3.87. The van der Waals surface area contributed by atoms with Crippen molar-refractivity contribution in [1.29, 1.82) is 0 Å². The lowest BCUT2D eigenvalue weighted by molar-refractivity contribution is 0.381. The molecule has 0 bridgehead atoms. The normalized spacial score (nSPS) is 18.7. The van der Waals surface area contributed by atoms with Gasteiger partial charge in [0.05, 0.1) is 7.11 Å². The molecule has 0 saturated heterocycles. The van der Waals surface area contributed by atoms with Crippen LogP contribution in [0.4, 0.5) is 0 Å². The van der Waals surface area contributed by atoms with Crippen molar-refractivity contribution in [2.45, 2.75) is 32.0 Å². The first-order valence-electron chi connectivity index (χ1n) is 10.1. The SMILES string of the molecule is CCc1ccc(C2=N[C@@H](c3ccccc3OC)N[C@@H](c3cc(Br)ccc3O)C2)cc1. The van der Waals surface area contributed by atoms with Crippen LogP contribution in [0.25, 0.3) is 0 Å². The molecule has 0 aromatic heterocycles. The van der Waals surface area contributed by atoms with Gasteiger partial charge in [0.25, 0.3) is 0 Å². The van der Waals surface area contributed by atoms with Gasteiger partial charge in [-0.3, -0.25) is 10.3 Å². The van der Waals surface area contributed by atoms with E-state index >= 15 is 0 Å². The fraction of sp³-hybridized carbons (Fsp3) is 0.240. The van der Waals surface area contributed by atoms with Crippen LogP contribution >= 0.6 is 15.9 Å². The molecule has 0 unspecified atom stereocenters. The van der Waals surface area contributed by atoms with Gasteiger partial charge in [0.15, 0.2) is 0 Å². The van der Waals surface area contributed by atoms with E-state index in [1.165, 1.54) is 5.56 Å². The number of phenolic OH excluding ortho intramolecular Hbond substituents is 1. The Bertz CT molecular complexity index is 1060. The number of para-hydroxylation sites is 1. The van der Waals surface area contributed by atoms with E-state index in [-0.39, 0.29) is 18.0 Å². The Balaban J connectivity index is 1.78. The fourth-order valence-corrected chi connectivity index (χ4v) is 4.25. The van der Waals surface area contributed by atoms with Crippen molar-refractivity contribution in [1.82, 2.24) is 5.32 Å². The molecule has 5 heteroatoms. The number of rotatable bonds is 5. The summed E-state index contributed by atoms with van der Waals surface area (Å²) in [5.41, 5.74) is 5.24. The summed E-state index contributed by atoms with van der Waals surface area (Å²) in [6.45, 7) is 2.15. The minimum absolute atomic E-state index is 0.0873. The number of aryl methyl sites for hydroxylation is 1. The van der Waals surface area contributed by atoms with E-state index in [9.17, 15) is 5.11 Å².